The Hall–Kier alpha value is -3.58. The number of nitrogens with one attached hydrogen (secondary N) is 2. The molecule has 0 atom stereocenters. The van der Waals surface area contributed by atoms with Crippen LogP contribution in [0.2, 0.25) is 0 Å². The molecule has 0 aromatic heterocycles. The van der Waals surface area contributed by atoms with Gasteiger partial charge in [-0.3, -0.25) is 19.0 Å². The second kappa shape index (κ2) is 14.0. The molecule has 0 aliphatic rings. The van der Waals surface area contributed by atoms with Crippen LogP contribution in [0.3, 0.4) is 0 Å². The van der Waals surface area contributed by atoms with Gasteiger partial charge in [-0.15, -0.1) is 0 Å². The van der Waals surface area contributed by atoms with E-state index >= 15 is 0 Å². The van der Waals surface area contributed by atoms with Crippen molar-refractivity contribution < 1.29 is 26.4 Å². The van der Waals surface area contributed by atoms with Crippen molar-refractivity contribution in [2.75, 3.05) is 20.9 Å². The molecule has 0 aliphatic heterocycles. The number of anilines is 2. The summed E-state index contributed by atoms with van der Waals surface area (Å²) in [6, 6.07) is 22.7. The lowest BCUT2D eigenvalue weighted by molar-refractivity contribution is 0.101. The molecular weight excluding hydrogens is 637 g/mol. The maximum absolute atomic E-state index is 12.9. The Morgan fingerprint density at radius 1 is 0.545 bits per heavy atom. The Morgan fingerprint density at radius 3 is 1.23 bits per heavy atom. The zero-order valence-corrected chi connectivity index (χ0v) is 27.8. The molecule has 0 saturated carbocycles. The van der Waals surface area contributed by atoms with Gasteiger partial charge in [-0.2, -0.15) is 0 Å². The summed E-state index contributed by atoms with van der Waals surface area (Å²) in [6.07, 6.45) is 0. The van der Waals surface area contributed by atoms with Crippen LogP contribution in [-0.4, -0.2) is 39.9 Å². The third-order valence-electron chi connectivity index (χ3n) is 6.35. The van der Waals surface area contributed by atoms with Gasteiger partial charge < -0.3 is 0 Å². The van der Waals surface area contributed by atoms with Gasteiger partial charge in [0.1, 0.15) is 0 Å². The summed E-state index contributed by atoms with van der Waals surface area (Å²) in [5.41, 5.74) is 4.54. The average Bonchev–Trinajstić information content (AvgIpc) is 2.94. The Balaban J connectivity index is 1.31. The number of sulfonamides is 2. The first-order chi connectivity index (χ1) is 20.7. The summed E-state index contributed by atoms with van der Waals surface area (Å²) < 4.78 is 56.6. The van der Waals surface area contributed by atoms with Crippen LogP contribution in [-0.2, 0) is 20.0 Å². The van der Waals surface area contributed by atoms with Gasteiger partial charge in [0.05, 0.1) is 21.3 Å². The Labute approximate surface area is 266 Å². The van der Waals surface area contributed by atoms with Crippen molar-refractivity contribution in [1.29, 1.82) is 0 Å². The smallest absolute Gasteiger partial charge is 0.261 e. The first-order valence-electron chi connectivity index (χ1n) is 13.4. The third-order valence-corrected chi connectivity index (χ3v) is 11.2. The molecule has 12 heteroatoms. The molecule has 0 aliphatic carbocycles. The average molecular weight is 669 g/mol. The van der Waals surface area contributed by atoms with Crippen molar-refractivity contribution >= 4 is 64.6 Å². The number of aryl methyl sites for hydroxylation is 4. The summed E-state index contributed by atoms with van der Waals surface area (Å²) in [7, 11) is -5.25. The summed E-state index contributed by atoms with van der Waals surface area (Å²) in [5.74, 6) is -0.294. The molecular formula is C32H32N2O6S4. The second-order valence-electron chi connectivity index (χ2n) is 10.4. The van der Waals surface area contributed by atoms with Crippen molar-refractivity contribution in [3.63, 3.8) is 0 Å². The maximum atomic E-state index is 12.9. The molecule has 0 unspecified atom stereocenters. The van der Waals surface area contributed by atoms with Crippen molar-refractivity contribution in [2.45, 2.75) is 37.5 Å². The van der Waals surface area contributed by atoms with E-state index in [0.29, 0.717) is 11.1 Å². The van der Waals surface area contributed by atoms with Crippen LogP contribution in [0.15, 0.2) is 94.7 Å². The predicted molar refractivity (Wildman–Crippen MR) is 180 cm³/mol. The Morgan fingerprint density at radius 2 is 0.886 bits per heavy atom. The fourth-order valence-electron chi connectivity index (χ4n) is 4.47. The van der Waals surface area contributed by atoms with Gasteiger partial charge in [-0.25, -0.2) is 16.8 Å². The number of ketones is 2. The highest BCUT2D eigenvalue weighted by molar-refractivity contribution is 8.77. The highest BCUT2D eigenvalue weighted by Crippen LogP contribution is 2.26. The van der Waals surface area contributed by atoms with Crippen LogP contribution in [0.5, 0.6) is 0 Å². The largest absolute Gasteiger partial charge is 0.293 e. The number of carbonyl (C=O) groups is 2. The van der Waals surface area contributed by atoms with E-state index in [2.05, 4.69) is 9.44 Å². The molecule has 0 amide bonds. The topological polar surface area (TPSA) is 126 Å². The first kappa shape index (κ1) is 33.3. The molecule has 8 nitrogen and oxygen atoms in total. The van der Waals surface area contributed by atoms with Gasteiger partial charge in [0.25, 0.3) is 20.0 Å². The molecule has 4 aromatic carbocycles. The number of rotatable bonds is 13. The standard InChI is InChI=1S/C32H32N2O6S4/c1-21-11-22(2)14-29(13-21)43(37,38)33-27-9-5-7-25(17-27)31(35)19-41-42-20-32(36)26-8-6-10-28(18-26)34-44(39,40)30-15-23(3)12-24(4)16-30/h5-18,33-34H,19-20H2,1-4H3. The molecule has 4 rings (SSSR count). The van der Waals surface area contributed by atoms with E-state index in [0.717, 1.165) is 22.3 Å². The van der Waals surface area contributed by atoms with Gasteiger partial charge in [-0.1, -0.05) is 58.0 Å². The fourth-order valence-corrected chi connectivity index (χ4v) is 8.80. The molecule has 2 N–H and O–H groups in total. The minimum Gasteiger partial charge on any atom is -0.293 e. The van der Waals surface area contributed by atoms with Gasteiger partial charge in [0.2, 0.25) is 0 Å². The highest BCUT2D eigenvalue weighted by atomic mass is 33.1. The van der Waals surface area contributed by atoms with Gasteiger partial charge in [-0.05, 0) is 98.5 Å². The number of Topliss-reactive ketones (excluding diaryl/α,β-unsaturated/α-hetero) is 2. The lowest BCUT2D eigenvalue weighted by Crippen LogP contribution is -2.14. The van der Waals surface area contributed by atoms with Crippen molar-refractivity contribution in [1.82, 2.24) is 0 Å². The van der Waals surface area contributed by atoms with E-state index in [9.17, 15) is 26.4 Å². The lowest BCUT2D eigenvalue weighted by Gasteiger charge is -2.11. The van der Waals surface area contributed by atoms with Gasteiger partial charge in [0.15, 0.2) is 11.6 Å². The third kappa shape index (κ3) is 8.98. The van der Waals surface area contributed by atoms with E-state index in [4.69, 9.17) is 0 Å². The fraction of sp³-hybridized carbons (Fsp3) is 0.188. The first-order valence-corrected chi connectivity index (χ1v) is 18.9. The van der Waals surface area contributed by atoms with Crippen molar-refractivity contribution in [2.24, 2.45) is 0 Å². The predicted octanol–water partition coefficient (Wildman–Crippen LogP) is 6.97. The van der Waals surface area contributed by atoms with Crippen LogP contribution in [0.1, 0.15) is 43.0 Å². The summed E-state index contributed by atoms with van der Waals surface area (Å²) in [4.78, 5) is 25.9. The number of hydrogen-bond acceptors (Lipinski definition) is 8. The SMILES string of the molecule is Cc1cc(C)cc(S(=O)(=O)Nc2cccc(C(=O)CSSCC(=O)c3cccc(NS(=O)(=O)c4cc(C)cc(C)c4)c3)c2)c1. The Bertz CT molecular complexity index is 1760. The second-order valence-corrected chi connectivity index (χ2v) is 16.2. The van der Waals surface area contributed by atoms with Crippen LogP contribution in [0, 0.1) is 27.7 Å². The zero-order valence-electron chi connectivity index (χ0n) is 24.6. The van der Waals surface area contributed by atoms with Crippen LogP contribution >= 0.6 is 21.6 Å². The lowest BCUT2D eigenvalue weighted by atomic mass is 10.1. The van der Waals surface area contributed by atoms with E-state index in [1.165, 1.54) is 33.7 Å². The minimum absolute atomic E-state index is 0.0704. The zero-order chi connectivity index (χ0) is 32.1. The Kier molecular flexibility index (Phi) is 10.6. The molecule has 0 heterocycles. The minimum atomic E-state index is -3.83. The summed E-state index contributed by atoms with van der Waals surface area (Å²) >= 11 is 0. The van der Waals surface area contributed by atoms with Gasteiger partial charge >= 0.3 is 0 Å². The van der Waals surface area contributed by atoms with E-state index in [1.807, 2.05) is 39.8 Å². The number of benzene rings is 4. The maximum Gasteiger partial charge on any atom is 0.261 e. The summed E-state index contributed by atoms with van der Waals surface area (Å²) in [6.45, 7) is 7.29. The molecule has 230 valence electrons. The summed E-state index contributed by atoms with van der Waals surface area (Å²) in [5, 5.41) is 0. The van der Waals surface area contributed by atoms with Crippen molar-refractivity contribution in [3.8, 4) is 0 Å². The molecule has 44 heavy (non-hydrogen) atoms. The molecule has 4 aromatic rings. The quantitative estimate of drug-likeness (QED) is 0.0889. The molecule has 0 spiro atoms. The molecule has 0 saturated heterocycles. The number of carbonyl (C=O) groups excluding carboxylic acids is 2. The van der Waals surface area contributed by atoms with E-state index < -0.39 is 20.0 Å². The van der Waals surface area contributed by atoms with Gasteiger partial charge in [0, 0.05) is 22.5 Å². The normalized spacial score (nSPS) is 11.6. The molecule has 0 bridgehead atoms. The van der Waals surface area contributed by atoms with Crippen LogP contribution < -0.4 is 9.44 Å². The van der Waals surface area contributed by atoms with Crippen LogP contribution in [0.25, 0.3) is 0 Å². The van der Waals surface area contributed by atoms with E-state index in [-0.39, 0.29) is 44.2 Å². The highest BCUT2D eigenvalue weighted by Gasteiger charge is 2.18. The molecule has 0 radical (unpaired) electrons. The van der Waals surface area contributed by atoms with Crippen LogP contribution in [0.4, 0.5) is 11.4 Å². The number of hydrogen-bond donors (Lipinski definition) is 2. The molecule has 0 fully saturated rings. The van der Waals surface area contributed by atoms with Crippen molar-refractivity contribution in [3.05, 3.63) is 118 Å². The van der Waals surface area contributed by atoms with E-state index in [1.54, 1.807) is 60.7 Å². The monoisotopic (exact) mass is 668 g/mol.